The average Bonchev–Trinajstić information content (AvgIpc) is 3.43. The van der Waals surface area contributed by atoms with E-state index in [0.717, 1.165) is 38.2 Å². The zero-order valence-corrected chi connectivity index (χ0v) is 17.5. The first-order valence-corrected chi connectivity index (χ1v) is 10.8. The molecule has 2 amide bonds. The lowest BCUT2D eigenvalue weighted by molar-refractivity contribution is -0.131. The van der Waals surface area contributed by atoms with Crippen molar-refractivity contribution in [3.05, 3.63) is 48.8 Å². The van der Waals surface area contributed by atoms with Gasteiger partial charge in [0.15, 0.2) is 0 Å². The Bertz CT molecular complexity index is 831. The highest BCUT2D eigenvalue weighted by Gasteiger charge is 2.41. The van der Waals surface area contributed by atoms with Crippen LogP contribution >= 0.6 is 0 Å². The molecule has 4 rings (SSSR count). The van der Waals surface area contributed by atoms with Crippen molar-refractivity contribution in [2.75, 3.05) is 32.8 Å². The topological polar surface area (TPSA) is 67.7 Å². The van der Waals surface area contributed by atoms with Gasteiger partial charge in [-0.25, -0.2) is 0 Å². The Labute approximate surface area is 177 Å². The van der Waals surface area contributed by atoms with Gasteiger partial charge in [0, 0.05) is 51.4 Å². The van der Waals surface area contributed by atoms with Gasteiger partial charge in [-0.15, -0.1) is 0 Å². The zero-order chi connectivity index (χ0) is 20.9. The van der Waals surface area contributed by atoms with Gasteiger partial charge in [0.25, 0.3) is 0 Å². The van der Waals surface area contributed by atoms with Crippen molar-refractivity contribution < 1.29 is 14.3 Å². The summed E-state index contributed by atoms with van der Waals surface area (Å²) < 4.78 is 7.76. The third-order valence-electron chi connectivity index (χ3n) is 6.50. The number of ether oxygens (including phenoxy) is 1. The van der Waals surface area contributed by atoms with Crippen LogP contribution in [0.3, 0.4) is 0 Å². The standard InChI is InChI=1S/C23H30N4O3/c1-18(28)25-12-8-19(9-13-25)22-15-26(23(29)16-27-11-5-10-24-27)14-20(22)17-30-21-6-3-2-4-7-21/h2-7,10-11,19-20,22H,8-9,12-17H2,1H3/t20-,22-/m0/s1. The lowest BCUT2D eigenvalue weighted by Gasteiger charge is -2.36. The molecule has 0 spiro atoms. The van der Waals surface area contributed by atoms with E-state index in [2.05, 4.69) is 5.10 Å². The third kappa shape index (κ3) is 4.83. The van der Waals surface area contributed by atoms with E-state index in [1.165, 1.54) is 0 Å². The lowest BCUT2D eigenvalue weighted by atomic mass is 9.78. The summed E-state index contributed by atoms with van der Waals surface area (Å²) >= 11 is 0. The molecule has 2 aromatic rings. The number of carbonyl (C=O) groups is 2. The minimum absolute atomic E-state index is 0.104. The highest BCUT2D eigenvalue weighted by molar-refractivity contribution is 5.76. The minimum Gasteiger partial charge on any atom is -0.493 e. The van der Waals surface area contributed by atoms with Crippen LogP contribution in [0.15, 0.2) is 48.8 Å². The van der Waals surface area contributed by atoms with E-state index >= 15 is 0 Å². The summed E-state index contributed by atoms with van der Waals surface area (Å²) in [5.41, 5.74) is 0. The smallest absolute Gasteiger partial charge is 0.244 e. The Balaban J connectivity index is 1.42. The molecule has 0 aliphatic carbocycles. The predicted molar refractivity (Wildman–Crippen MR) is 113 cm³/mol. The van der Waals surface area contributed by atoms with Crippen LogP contribution in [-0.4, -0.2) is 64.2 Å². The van der Waals surface area contributed by atoms with Gasteiger partial charge in [-0.1, -0.05) is 18.2 Å². The molecule has 0 unspecified atom stereocenters. The van der Waals surface area contributed by atoms with Crippen molar-refractivity contribution in [3.63, 3.8) is 0 Å². The fourth-order valence-electron chi connectivity index (χ4n) is 4.81. The molecular formula is C23H30N4O3. The molecule has 2 fully saturated rings. The number of para-hydroxylation sites is 1. The molecule has 7 nitrogen and oxygen atoms in total. The Morgan fingerprint density at radius 2 is 1.83 bits per heavy atom. The van der Waals surface area contributed by atoms with Crippen LogP contribution in [0.25, 0.3) is 0 Å². The zero-order valence-electron chi connectivity index (χ0n) is 17.5. The van der Waals surface area contributed by atoms with E-state index in [9.17, 15) is 9.59 Å². The minimum atomic E-state index is 0.104. The van der Waals surface area contributed by atoms with Gasteiger partial charge in [0.1, 0.15) is 12.3 Å². The van der Waals surface area contributed by atoms with Crippen molar-refractivity contribution in [2.24, 2.45) is 17.8 Å². The predicted octanol–water partition coefficient (Wildman–Crippen LogP) is 2.30. The van der Waals surface area contributed by atoms with Crippen molar-refractivity contribution in [2.45, 2.75) is 26.3 Å². The van der Waals surface area contributed by atoms with Gasteiger partial charge in [-0.3, -0.25) is 14.3 Å². The van der Waals surface area contributed by atoms with Gasteiger partial charge < -0.3 is 14.5 Å². The summed E-state index contributed by atoms with van der Waals surface area (Å²) in [6.45, 7) is 5.61. The largest absolute Gasteiger partial charge is 0.493 e. The maximum absolute atomic E-state index is 12.9. The number of carbonyl (C=O) groups excluding carboxylic acids is 2. The molecule has 1 aromatic heterocycles. The van der Waals surface area contributed by atoms with Crippen molar-refractivity contribution >= 4 is 11.8 Å². The lowest BCUT2D eigenvalue weighted by Crippen LogP contribution is -2.41. The summed E-state index contributed by atoms with van der Waals surface area (Å²) in [7, 11) is 0. The van der Waals surface area contributed by atoms with E-state index in [0.29, 0.717) is 30.9 Å². The molecule has 160 valence electrons. The Morgan fingerprint density at radius 1 is 1.07 bits per heavy atom. The van der Waals surface area contributed by atoms with Gasteiger partial charge in [-0.05, 0) is 42.9 Å². The van der Waals surface area contributed by atoms with Crippen LogP contribution in [0.1, 0.15) is 19.8 Å². The maximum atomic E-state index is 12.9. The van der Waals surface area contributed by atoms with Gasteiger partial charge in [0.2, 0.25) is 11.8 Å². The summed E-state index contributed by atoms with van der Waals surface area (Å²) in [5.74, 6) is 2.31. The summed E-state index contributed by atoms with van der Waals surface area (Å²) in [6.07, 6.45) is 5.50. The highest BCUT2D eigenvalue weighted by Crippen LogP contribution is 2.36. The fourth-order valence-corrected chi connectivity index (χ4v) is 4.81. The second kappa shape index (κ2) is 9.32. The Kier molecular flexibility index (Phi) is 6.35. The first-order chi connectivity index (χ1) is 14.6. The summed E-state index contributed by atoms with van der Waals surface area (Å²) in [5, 5.41) is 4.16. The summed E-state index contributed by atoms with van der Waals surface area (Å²) in [4.78, 5) is 28.5. The number of piperidine rings is 1. The number of likely N-dealkylation sites (tertiary alicyclic amines) is 2. The van der Waals surface area contributed by atoms with Crippen LogP contribution < -0.4 is 4.74 Å². The number of hydrogen-bond acceptors (Lipinski definition) is 4. The van der Waals surface area contributed by atoms with E-state index in [-0.39, 0.29) is 18.4 Å². The fraction of sp³-hybridized carbons (Fsp3) is 0.522. The molecule has 0 bridgehead atoms. The molecule has 1 aromatic carbocycles. The Hall–Kier alpha value is -2.83. The molecule has 2 aliphatic heterocycles. The van der Waals surface area contributed by atoms with E-state index in [1.54, 1.807) is 17.8 Å². The van der Waals surface area contributed by atoms with Crippen molar-refractivity contribution in [3.8, 4) is 5.75 Å². The van der Waals surface area contributed by atoms with E-state index in [4.69, 9.17) is 4.74 Å². The Morgan fingerprint density at radius 3 is 2.50 bits per heavy atom. The molecule has 2 atom stereocenters. The monoisotopic (exact) mass is 410 g/mol. The van der Waals surface area contributed by atoms with Crippen LogP contribution in [-0.2, 0) is 16.1 Å². The quantitative estimate of drug-likeness (QED) is 0.733. The van der Waals surface area contributed by atoms with E-state index in [1.807, 2.05) is 52.4 Å². The van der Waals surface area contributed by atoms with E-state index < -0.39 is 0 Å². The van der Waals surface area contributed by atoms with Crippen molar-refractivity contribution in [1.82, 2.24) is 19.6 Å². The average molecular weight is 411 g/mol. The van der Waals surface area contributed by atoms with Gasteiger partial charge in [0.05, 0.1) is 6.61 Å². The van der Waals surface area contributed by atoms with Crippen LogP contribution in [0, 0.1) is 17.8 Å². The molecule has 7 heteroatoms. The second-order valence-corrected chi connectivity index (χ2v) is 8.39. The molecule has 0 radical (unpaired) electrons. The van der Waals surface area contributed by atoms with Gasteiger partial charge in [-0.2, -0.15) is 5.10 Å². The first-order valence-electron chi connectivity index (χ1n) is 10.8. The molecule has 0 saturated carbocycles. The number of benzene rings is 1. The number of hydrogen-bond donors (Lipinski definition) is 0. The normalized spacial score (nSPS) is 22.3. The molecule has 3 heterocycles. The summed E-state index contributed by atoms with van der Waals surface area (Å²) in [6, 6.07) is 11.7. The number of aromatic nitrogens is 2. The second-order valence-electron chi connectivity index (χ2n) is 8.39. The van der Waals surface area contributed by atoms with Crippen molar-refractivity contribution in [1.29, 1.82) is 0 Å². The van der Waals surface area contributed by atoms with Crippen LogP contribution in [0.5, 0.6) is 5.75 Å². The third-order valence-corrected chi connectivity index (χ3v) is 6.50. The first kappa shape index (κ1) is 20.4. The molecule has 30 heavy (non-hydrogen) atoms. The van der Waals surface area contributed by atoms with Crippen LogP contribution in [0.4, 0.5) is 0 Å². The van der Waals surface area contributed by atoms with Crippen LogP contribution in [0.2, 0.25) is 0 Å². The molecule has 2 aliphatic rings. The number of amides is 2. The molecule has 2 saturated heterocycles. The highest BCUT2D eigenvalue weighted by atomic mass is 16.5. The molecule has 0 N–H and O–H groups in total. The number of nitrogens with zero attached hydrogens (tertiary/aromatic N) is 4. The number of rotatable bonds is 6. The maximum Gasteiger partial charge on any atom is 0.244 e. The SMILES string of the molecule is CC(=O)N1CCC([C@@H]2CN(C(=O)Cn3cccn3)C[C@H]2COc2ccccc2)CC1. The molecular weight excluding hydrogens is 380 g/mol. The van der Waals surface area contributed by atoms with Gasteiger partial charge >= 0.3 is 0 Å².